The van der Waals surface area contributed by atoms with Crippen molar-refractivity contribution in [2.45, 2.75) is 30.2 Å². The van der Waals surface area contributed by atoms with E-state index in [1.54, 1.807) is 30.3 Å². The summed E-state index contributed by atoms with van der Waals surface area (Å²) in [5.74, 6) is 1.66. The molecule has 0 amide bonds. The second-order valence-electron chi connectivity index (χ2n) is 7.27. The molecule has 3 heterocycles. The normalized spacial score (nSPS) is 20.7. The Bertz CT molecular complexity index is 1000. The first kappa shape index (κ1) is 18.3. The number of oxazole rings is 1. The predicted molar refractivity (Wildman–Crippen MR) is 107 cm³/mol. The summed E-state index contributed by atoms with van der Waals surface area (Å²) < 4.78 is 32.6. The van der Waals surface area contributed by atoms with E-state index < -0.39 is 9.84 Å². The van der Waals surface area contributed by atoms with Gasteiger partial charge in [-0.15, -0.1) is 11.3 Å². The lowest BCUT2D eigenvalue weighted by atomic mass is 9.92. The zero-order chi connectivity index (χ0) is 19.0. The molecule has 0 spiro atoms. The summed E-state index contributed by atoms with van der Waals surface area (Å²) >= 11 is 1.48. The fourth-order valence-corrected chi connectivity index (χ4v) is 5.71. The van der Waals surface area contributed by atoms with Gasteiger partial charge in [0.2, 0.25) is 26.6 Å². The molecule has 1 aromatic carbocycles. The van der Waals surface area contributed by atoms with Gasteiger partial charge in [0.1, 0.15) is 0 Å². The van der Waals surface area contributed by atoms with Crippen LogP contribution in [0.25, 0.3) is 10.8 Å². The molecule has 142 valence electrons. The largest absolute Gasteiger partial charge is 0.418 e. The molecule has 0 bridgehead atoms. The van der Waals surface area contributed by atoms with Gasteiger partial charge in [0, 0.05) is 13.1 Å². The summed E-state index contributed by atoms with van der Waals surface area (Å²) in [6.07, 6.45) is 1.13. The van der Waals surface area contributed by atoms with Crippen LogP contribution in [0.1, 0.15) is 20.3 Å². The second kappa shape index (κ2) is 7.13. The third-order valence-electron chi connectivity index (χ3n) is 4.78. The Hall–Kier alpha value is -2.12. The van der Waals surface area contributed by atoms with Crippen molar-refractivity contribution in [2.24, 2.45) is 11.8 Å². The minimum absolute atomic E-state index is 0.0124. The molecule has 1 aliphatic heterocycles. The SMILES string of the molecule is CC1CC(C)CN(c2oc(-c3cccs3)nc2S(=O)(=O)c2ccccc2)C1. The molecule has 27 heavy (non-hydrogen) atoms. The average Bonchev–Trinajstić information content (AvgIpc) is 3.31. The number of piperidine rings is 1. The van der Waals surface area contributed by atoms with Gasteiger partial charge in [-0.25, -0.2) is 8.42 Å². The second-order valence-corrected chi connectivity index (χ2v) is 10.1. The third kappa shape index (κ3) is 3.53. The van der Waals surface area contributed by atoms with E-state index in [0.29, 0.717) is 23.6 Å². The number of hydrogen-bond acceptors (Lipinski definition) is 6. The highest BCUT2D eigenvalue weighted by molar-refractivity contribution is 7.91. The number of nitrogens with zero attached hydrogens (tertiary/aromatic N) is 2. The van der Waals surface area contributed by atoms with Crippen LogP contribution in [0.2, 0.25) is 0 Å². The maximum atomic E-state index is 13.3. The summed E-state index contributed by atoms with van der Waals surface area (Å²) in [7, 11) is -3.77. The Morgan fingerprint density at radius 3 is 2.41 bits per heavy atom. The predicted octanol–water partition coefficient (Wildman–Crippen LogP) is 4.72. The quantitative estimate of drug-likeness (QED) is 0.632. The van der Waals surface area contributed by atoms with Gasteiger partial charge in [-0.3, -0.25) is 0 Å². The Labute approximate surface area is 163 Å². The Morgan fingerprint density at radius 1 is 1.07 bits per heavy atom. The van der Waals surface area contributed by atoms with Gasteiger partial charge < -0.3 is 9.32 Å². The van der Waals surface area contributed by atoms with Crippen LogP contribution in [-0.4, -0.2) is 26.5 Å². The van der Waals surface area contributed by atoms with E-state index in [1.165, 1.54) is 11.3 Å². The van der Waals surface area contributed by atoms with Crippen molar-refractivity contribution in [1.29, 1.82) is 0 Å². The minimum Gasteiger partial charge on any atom is -0.418 e. The molecule has 1 saturated heterocycles. The van der Waals surface area contributed by atoms with Gasteiger partial charge in [0.15, 0.2) is 0 Å². The van der Waals surface area contributed by atoms with Gasteiger partial charge in [0.25, 0.3) is 0 Å². The molecular weight excluding hydrogens is 380 g/mol. The molecule has 0 N–H and O–H groups in total. The van der Waals surface area contributed by atoms with Crippen molar-refractivity contribution in [3.8, 4) is 10.8 Å². The molecule has 3 aromatic rings. The van der Waals surface area contributed by atoms with Crippen molar-refractivity contribution in [1.82, 2.24) is 4.98 Å². The van der Waals surface area contributed by atoms with Crippen molar-refractivity contribution >= 4 is 27.1 Å². The summed E-state index contributed by atoms with van der Waals surface area (Å²) in [6.45, 7) is 5.90. The van der Waals surface area contributed by atoms with Crippen molar-refractivity contribution in [3.05, 3.63) is 47.8 Å². The minimum atomic E-state index is -3.77. The molecule has 7 heteroatoms. The van der Waals surface area contributed by atoms with Gasteiger partial charge in [0.05, 0.1) is 9.77 Å². The van der Waals surface area contributed by atoms with Crippen LogP contribution in [0.3, 0.4) is 0 Å². The van der Waals surface area contributed by atoms with E-state index in [4.69, 9.17) is 4.42 Å². The molecule has 2 unspecified atom stereocenters. The molecule has 2 atom stereocenters. The summed E-state index contributed by atoms with van der Waals surface area (Å²) in [6, 6.07) is 12.2. The van der Waals surface area contributed by atoms with Crippen molar-refractivity contribution in [2.75, 3.05) is 18.0 Å². The van der Waals surface area contributed by atoms with Crippen LogP contribution in [0.4, 0.5) is 5.88 Å². The number of aromatic nitrogens is 1. The molecular formula is C20H22N2O3S2. The van der Waals surface area contributed by atoms with E-state index in [9.17, 15) is 8.42 Å². The first-order valence-electron chi connectivity index (χ1n) is 9.05. The van der Waals surface area contributed by atoms with Crippen LogP contribution in [0.5, 0.6) is 0 Å². The monoisotopic (exact) mass is 402 g/mol. The molecule has 2 aromatic heterocycles. The van der Waals surface area contributed by atoms with Crippen LogP contribution in [-0.2, 0) is 9.84 Å². The molecule has 4 rings (SSSR count). The number of hydrogen-bond donors (Lipinski definition) is 0. The fraction of sp³-hybridized carbons (Fsp3) is 0.350. The van der Waals surface area contributed by atoms with E-state index >= 15 is 0 Å². The zero-order valence-electron chi connectivity index (χ0n) is 15.3. The van der Waals surface area contributed by atoms with E-state index in [2.05, 4.69) is 18.8 Å². The Balaban J connectivity index is 1.84. The third-order valence-corrected chi connectivity index (χ3v) is 7.30. The lowest BCUT2D eigenvalue weighted by Crippen LogP contribution is -2.39. The first-order valence-corrected chi connectivity index (χ1v) is 11.4. The highest BCUT2D eigenvalue weighted by Gasteiger charge is 2.34. The highest BCUT2D eigenvalue weighted by atomic mass is 32.2. The highest BCUT2D eigenvalue weighted by Crippen LogP contribution is 2.38. The molecule has 0 saturated carbocycles. The van der Waals surface area contributed by atoms with Crippen molar-refractivity contribution < 1.29 is 12.8 Å². The van der Waals surface area contributed by atoms with Crippen molar-refractivity contribution in [3.63, 3.8) is 0 Å². The van der Waals surface area contributed by atoms with Crippen LogP contribution >= 0.6 is 11.3 Å². The smallest absolute Gasteiger partial charge is 0.240 e. The Kier molecular flexibility index (Phi) is 4.82. The molecule has 0 radical (unpaired) electrons. The summed E-state index contributed by atoms with van der Waals surface area (Å²) in [5.41, 5.74) is 0. The number of benzene rings is 1. The van der Waals surface area contributed by atoms with Crippen LogP contribution in [0, 0.1) is 11.8 Å². The topological polar surface area (TPSA) is 63.4 Å². The number of thiophene rings is 1. The van der Waals surface area contributed by atoms with Gasteiger partial charge in [-0.2, -0.15) is 4.98 Å². The number of rotatable bonds is 4. The molecule has 1 fully saturated rings. The maximum Gasteiger partial charge on any atom is 0.240 e. The van der Waals surface area contributed by atoms with Gasteiger partial charge in [-0.05, 0) is 41.8 Å². The van der Waals surface area contributed by atoms with Crippen LogP contribution in [0.15, 0.2) is 62.2 Å². The van der Waals surface area contributed by atoms with E-state index in [0.717, 1.165) is 24.4 Å². The zero-order valence-corrected chi connectivity index (χ0v) is 17.0. The molecule has 5 nitrogen and oxygen atoms in total. The lowest BCUT2D eigenvalue weighted by molar-refractivity contribution is 0.342. The van der Waals surface area contributed by atoms with Gasteiger partial charge >= 0.3 is 0 Å². The Morgan fingerprint density at radius 2 is 1.78 bits per heavy atom. The maximum absolute atomic E-state index is 13.3. The average molecular weight is 403 g/mol. The molecule has 0 aliphatic carbocycles. The standard InChI is InChI=1S/C20H22N2O3S2/c1-14-11-15(2)13-22(12-14)20-19(21-18(25-20)17-9-6-10-26-17)27(23,24)16-7-4-3-5-8-16/h3-10,14-15H,11-13H2,1-2H3. The van der Waals surface area contributed by atoms with Gasteiger partial charge in [-0.1, -0.05) is 38.1 Å². The fourth-order valence-electron chi connectivity index (χ4n) is 3.72. The summed E-state index contributed by atoms with van der Waals surface area (Å²) in [4.78, 5) is 7.54. The summed E-state index contributed by atoms with van der Waals surface area (Å²) in [5, 5.41) is 1.94. The number of anilines is 1. The van der Waals surface area contributed by atoms with E-state index in [1.807, 2.05) is 22.4 Å². The number of sulfone groups is 1. The molecule has 1 aliphatic rings. The lowest BCUT2D eigenvalue weighted by Gasteiger charge is -2.34. The van der Waals surface area contributed by atoms with Crippen LogP contribution < -0.4 is 4.90 Å². The first-order chi connectivity index (χ1) is 12.9. The van der Waals surface area contributed by atoms with E-state index in [-0.39, 0.29) is 9.92 Å².